The van der Waals surface area contributed by atoms with Crippen LogP contribution in [0, 0.1) is 0 Å². The van der Waals surface area contributed by atoms with Gasteiger partial charge < -0.3 is 10.4 Å². The lowest BCUT2D eigenvalue weighted by Gasteiger charge is -2.30. The van der Waals surface area contributed by atoms with Crippen molar-refractivity contribution in [2.24, 2.45) is 0 Å². The van der Waals surface area contributed by atoms with Gasteiger partial charge in [-0.2, -0.15) is 11.8 Å². The second kappa shape index (κ2) is 5.31. The van der Waals surface area contributed by atoms with E-state index in [4.69, 9.17) is 11.6 Å². The Morgan fingerprint density at radius 2 is 2.39 bits per heavy atom. The lowest BCUT2D eigenvalue weighted by atomic mass is 9.92. The van der Waals surface area contributed by atoms with Crippen LogP contribution in [0.2, 0.25) is 5.02 Å². The van der Waals surface area contributed by atoms with Crippen molar-refractivity contribution < 1.29 is 9.90 Å². The summed E-state index contributed by atoms with van der Waals surface area (Å²) in [4.78, 5) is 11.6. The molecule has 18 heavy (non-hydrogen) atoms. The van der Waals surface area contributed by atoms with E-state index in [0.717, 1.165) is 15.9 Å². The van der Waals surface area contributed by atoms with Crippen molar-refractivity contribution in [2.45, 2.75) is 24.1 Å². The van der Waals surface area contributed by atoms with Gasteiger partial charge in [-0.3, -0.25) is 0 Å². The van der Waals surface area contributed by atoms with Crippen molar-refractivity contribution in [3.8, 4) is 0 Å². The first-order valence-electron chi connectivity index (χ1n) is 5.54. The Morgan fingerprint density at radius 3 is 2.89 bits per heavy atom. The van der Waals surface area contributed by atoms with Crippen LogP contribution < -0.4 is 5.32 Å². The van der Waals surface area contributed by atoms with E-state index in [1.807, 2.05) is 13.0 Å². The normalized spacial score (nSPS) is 27.2. The van der Waals surface area contributed by atoms with Gasteiger partial charge in [0.25, 0.3) is 0 Å². The van der Waals surface area contributed by atoms with E-state index in [1.54, 1.807) is 23.9 Å². The standard InChI is InChI=1S/C12H13BrClNO2S/c1-7-12(11(16)17,4-5-18-7)15-8-2-3-10(14)9(13)6-8/h2-3,6-7,15H,4-5H2,1H3,(H,16,17). The molecule has 0 radical (unpaired) electrons. The van der Waals surface area contributed by atoms with Gasteiger partial charge in [0, 0.05) is 15.4 Å². The van der Waals surface area contributed by atoms with E-state index >= 15 is 0 Å². The van der Waals surface area contributed by atoms with Gasteiger partial charge in [0.15, 0.2) is 0 Å². The number of anilines is 1. The highest BCUT2D eigenvalue weighted by molar-refractivity contribution is 9.10. The zero-order valence-electron chi connectivity index (χ0n) is 9.74. The SMILES string of the molecule is CC1SCCC1(Nc1ccc(Cl)c(Br)c1)C(=O)O. The number of benzene rings is 1. The highest BCUT2D eigenvalue weighted by Gasteiger charge is 2.47. The Hall–Kier alpha value is -0.390. The van der Waals surface area contributed by atoms with E-state index in [0.29, 0.717) is 11.4 Å². The molecule has 2 rings (SSSR count). The highest BCUT2D eigenvalue weighted by Crippen LogP contribution is 2.39. The lowest BCUT2D eigenvalue weighted by molar-refractivity contribution is -0.142. The van der Waals surface area contributed by atoms with Gasteiger partial charge in [-0.25, -0.2) is 4.79 Å². The van der Waals surface area contributed by atoms with Gasteiger partial charge in [0.05, 0.1) is 5.02 Å². The van der Waals surface area contributed by atoms with Crippen LogP contribution >= 0.6 is 39.3 Å². The van der Waals surface area contributed by atoms with E-state index < -0.39 is 11.5 Å². The second-order valence-electron chi connectivity index (χ2n) is 4.29. The molecule has 6 heteroatoms. The molecule has 1 saturated heterocycles. The number of thioether (sulfide) groups is 1. The third-order valence-corrected chi connectivity index (χ3v) is 5.78. The summed E-state index contributed by atoms with van der Waals surface area (Å²) < 4.78 is 0.757. The summed E-state index contributed by atoms with van der Waals surface area (Å²) in [5.74, 6) is 0.0564. The third-order valence-electron chi connectivity index (χ3n) is 3.23. The van der Waals surface area contributed by atoms with Crippen molar-refractivity contribution in [3.63, 3.8) is 0 Å². The number of aliphatic carboxylic acids is 1. The number of rotatable bonds is 3. The number of nitrogens with one attached hydrogen (secondary N) is 1. The monoisotopic (exact) mass is 349 g/mol. The first-order chi connectivity index (χ1) is 8.45. The first-order valence-corrected chi connectivity index (χ1v) is 7.76. The number of carboxylic acids is 1. The van der Waals surface area contributed by atoms with Crippen LogP contribution in [0.3, 0.4) is 0 Å². The molecule has 0 aromatic heterocycles. The summed E-state index contributed by atoms with van der Waals surface area (Å²) in [6.45, 7) is 1.95. The van der Waals surface area contributed by atoms with Crippen LogP contribution in [-0.2, 0) is 4.79 Å². The van der Waals surface area contributed by atoms with Crippen LogP contribution in [0.25, 0.3) is 0 Å². The minimum absolute atomic E-state index is 0.0319. The lowest BCUT2D eigenvalue weighted by Crippen LogP contribution is -2.50. The summed E-state index contributed by atoms with van der Waals surface area (Å²) in [7, 11) is 0. The molecule has 1 heterocycles. The fraction of sp³-hybridized carbons (Fsp3) is 0.417. The predicted octanol–water partition coefficient (Wildman–Crippen LogP) is 3.86. The zero-order valence-corrected chi connectivity index (χ0v) is 12.9. The molecule has 1 aliphatic rings. The molecular formula is C12H13BrClNO2S. The number of hydrogen-bond acceptors (Lipinski definition) is 3. The molecule has 2 unspecified atom stereocenters. The predicted molar refractivity (Wildman–Crippen MR) is 79.7 cm³/mol. The molecule has 2 atom stereocenters. The molecule has 1 aliphatic heterocycles. The van der Waals surface area contributed by atoms with E-state index in [-0.39, 0.29) is 5.25 Å². The summed E-state index contributed by atoms with van der Waals surface area (Å²) in [6.07, 6.45) is 0.619. The molecule has 0 saturated carbocycles. The van der Waals surface area contributed by atoms with Crippen LogP contribution in [0.1, 0.15) is 13.3 Å². The fourth-order valence-electron chi connectivity index (χ4n) is 2.07. The Labute approximate surface area is 123 Å². The largest absolute Gasteiger partial charge is 0.479 e. The van der Waals surface area contributed by atoms with Crippen LogP contribution in [0.5, 0.6) is 0 Å². The maximum absolute atomic E-state index is 11.6. The molecule has 0 aliphatic carbocycles. The first kappa shape index (κ1) is 14.0. The molecular weight excluding hydrogens is 338 g/mol. The molecule has 0 amide bonds. The highest BCUT2D eigenvalue weighted by atomic mass is 79.9. The maximum Gasteiger partial charge on any atom is 0.330 e. The number of halogens is 2. The fourth-order valence-corrected chi connectivity index (χ4v) is 3.92. The van der Waals surface area contributed by atoms with Crippen molar-refractivity contribution in [2.75, 3.05) is 11.1 Å². The quantitative estimate of drug-likeness (QED) is 0.869. The van der Waals surface area contributed by atoms with Crippen LogP contribution in [0.15, 0.2) is 22.7 Å². The summed E-state index contributed by atoms with van der Waals surface area (Å²) in [5.41, 5.74) is -0.124. The Kier molecular flexibility index (Phi) is 4.14. The maximum atomic E-state index is 11.6. The smallest absolute Gasteiger partial charge is 0.330 e. The number of hydrogen-bond donors (Lipinski definition) is 2. The minimum Gasteiger partial charge on any atom is -0.479 e. The summed E-state index contributed by atoms with van der Waals surface area (Å²) >= 11 is 10.9. The Bertz CT molecular complexity index is 485. The average Bonchev–Trinajstić information content (AvgIpc) is 2.67. The summed E-state index contributed by atoms with van der Waals surface area (Å²) in [5, 5.41) is 13.3. The second-order valence-corrected chi connectivity index (χ2v) is 7.00. The topological polar surface area (TPSA) is 49.3 Å². The average molecular weight is 351 g/mol. The van der Waals surface area contributed by atoms with Gasteiger partial charge in [-0.1, -0.05) is 18.5 Å². The number of carbonyl (C=O) groups is 1. The van der Waals surface area contributed by atoms with Crippen molar-refractivity contribution in [3.05, 3.63) is 27.7 Å². The number of carboxylic acid groups (broad SMARTS) is 1. The van der Waals surface area contributed by atoms with E-state index in [2.05, 4.69) is 21.2 Å². The molecule has 1 aromatic carbocycles. The van der Waals surface area contributed by atoms with Gasteiger partial charge in [-0.15, -0.1) is 0 Å². The van der Waals surface area contributed by atoms with Crippen LogP contribution in [-0.4, -0.2) is 27.6 Å². The molecule has 1 aromatic rings. The van der Waals surface area contributed by atoms with Gasteiger partial charge >= 0.3 is 5.97 Å². The van der Waals surface area contributed by atoms with E-state index in [9.17, 15) is 9.90 Å². The Balaban J connectivity index is 2.29. The van der Waals surface area contributed by atoms with Gasteiger partial charge in [0.2, 0.25) is 0 Å². The van der Waals surface area contributed by atoms with Crippen molar-refractivity contribution >= 4 is 50.9 Å². The van der Waals surface area contributed by atoms with Gasteiger partial charge in [-0.05, 0) is 46.3 Å². The minimum atomic E-state index is -0.891. The van der Waals surface area contributed by atoms with Crippen molar-refractivity contribution in [1.82, 2.24) is 0 Å². The summed E-state index contributed by atoms with van der Waals surface area (Å²) in [6, 6.07) is 5.35. The molecule has 98 valence electrons. The van der Waals surface area contributed by atoms with Crippen molar-refractivity contribution in [1.29, 1.82) is 0 Å². The van der Waals surface area contributed by atoms with Crippen LogP contribution in [0.4, 0.5) is 5.69 Å². The molecule has 1 fully saturated rings. The Morgan fingerprint density at radius 1 is 1.67 bits per heavy atom. The van der Waals surface area contributed by atoms with E-state index in [1.165, 1.54) is 0 Å². The third kappa shape index (κ3) is 2.49. The molecule has 3 nitrogen and oxygen atoms in total. The van der Waals surface area contributed by atoms with Gasteiger partial charge in [0.1, 0.15) is 5.54 Å². The molecule has 0 spiro atoms. The zero-order chi connectivity index (χ0) is 13.3. The molecule has 2 N–H and O–H groups in total. The molecule has 0 bridgehead atoms.